The number of alkyl halides is 2. The number of benzene rings is 2. The lowest BCUT2D eigenvalue weighted by Crippen LogP contribution is -2.30. The van der Waals surface area contributed by atoms with E-state index < -0.39 is 6.61 Å². The highest BCUT2D eigenvalue weighted by Crippen LogP contribution is 2.25. The zero-order chi connectivity index (χ0) is 15.9. The molecule has 2 rings (SSSR count). The van der Waals surface area contributed by atoms with Crippen LogP contribution in [-0.4, -0.2) is 26.1 Å². The van der Waals surface area contributed by atoms with Gasteiger partial charge in [-0.2, -0.15) is 8.78 Å². The van der Waals surface area contributed by atoms with Gasteiger partial charge >= 0.3 is 6.61 Å². The number of anilines is 2. The van der Waals surface area contributed by atoms with Crippen molar-refractivity contribution in [2.24, 2.45) is 0 Å². The molecule has 0 fully saturated rings. The van der Waals surface area contributed by atoms with Crippen LogP contribution < -0.4 is 15.0 Å². The van der Waals surface area contributed by atoms with Crippen molar-refractivity contribution >= 4 is 17.3 Å². The normalized spacial score (nSPS) is 10.4. The van der Waals surface area contributed by atoms with Crippen LogP contribution >= 0.6 is 0 Å². The van der Waals surface area contributed by atoms with E-state index in [2.05, 4.69) is 10.1 Å². The van der Waals surface area contributed by atoms with Gasteiger partial charge < -0.3 is 15.0 Å². The quantitative estimate of drug-likeness (QED) is 0.889. The van der Waals surface area contributed by atoms with Gasteiger partial charge in [0.25, 0.3) is 0 Å². The van der Waals surface area contributed by atoms with E-state index in [4.69, 9.17) is 0 Å². The third-order valence-corrected chi connectivity index (χ3v) is 2.95. The summed E-state index contributed by atoms with van der Waals surface area (Å²) in [6.07, 6.45) is 0. The van der Waals surface area contributed by atoms with E-state index in [1.165, 1.54) is 12.1 Å². The van der Waals surface area contributed by atoms with Gasteiger partial charge in [-0.05, 0) is 24.3 Å². The summed E-state index contributed by atoms with van der Waals surface area (Å²) in [6, 6.07) is 15.5. The molecule has 0 unspecified atom stereocenters. The van der Waals surface area contributed by atoms with Gasteiger partial charge in [0, 0.05) is 12.7 Å². The van der Waals surface area contributed by atoms with E-state index in [0.717, 1.165) is 5.69 Å². The fourth-order valence-electron chi connectivity index (χ4n) is 1.95. The van der Waals surface area contributed by atoms with Crippen LogP contribution in [0.4, 0.5) is 20.2 Å². The average molecular weight is 306 g/mol. The minimum Gasteiger partial charge on any atom is -0.433 e. The van der Waals surface area contributed by atoms with Crippen molar-refractivity contribution in [2.45, 2.75) is 6.61 Å². The summed E-state index contributed by atoms with van der Waals surface area (Å²) in [5.41, 5.74) is 1.10. The van der Waals surface area contributed by atoms with Crippen molar-refractivity contribution in [3.8, 4) is 5.75 Å². The number of halogens is 2. The number of likely N-dealkylation sites (N-methyl/N-ethyl adjacent to an activating group) is 1. The topological polar surface area (TPSA) is 41.6 Å². The second-order valence-electron chi connectivity index (χ2n) is 4.61. The average Bonchev–Trinajstić information content (AvgIpc) is 2.49. The first kappa shape index (κ1) is 15.8. The Hall–Kier alpha value is -2.63. The minimum atomic E-state index is -2.94. The molecule has 0 aliphatic heterocycles. The van der Waals surface area contributed by atoms with Crippen LogP contribution in [0.25, 0.3) is 0 Å². The van der Waals surface area contributed by atoms with Gasteiger partial charge in [-0.25, -0.2) is 0 Å². The summed E-state index contributed by atoms with van der Waals surface area (Å²) in [6.45, 7) is -2.85. The fraction of sp³-hybridized carbons (Fsp3) is 0.188. The first-order valence-corrected chi connectivity index (χ1v) is 6.66. The molecule has 0 atom stereocenters. The molecule has 0 bridgehead atoms. The second-order valence-corrected chi connectivity index (χ2v) is 4.61. The lowest BCUT2D eigenvalue weighted by atomic mass is 10.2. The van der Waals surface area contributed by atoms with Crippen molar-refractivity contribution in [2.75, 3.05) is 23.8 Å². The van der Waals surface area contributed by atoms with Crippen LogP contribution in [0.5, 0.6) is 5.75 Å². The number of hydrogen-bond donors (Lipinski definition) is 1. The highest BCUT2D eigenvalue weighted by Gasteiger charge is 2.13. The van der Waals surface area contributed by atoms with Crippen LogP contribution in [0.1, 0.15) is 0 Å². The Morgan fingerprint density at radius 3 is 2.45 bits per heavy atom. The van der Waals surface area contributed by atoms with Crippen LogP contribution in [0.3, 0.4) is 0 Å². The lowest BCUT2D eigenvalue weighted by Gasteiger charge is -2.19. The smallest absolute Gasteiger partial charge is 0.387 e. The molecule has 2 aromatic carbocycles. The number of para-hydroxylation sites is 3. The predicted molar refractivity (Wildman–Crippen MR) is 81.4 cm³/mol. The maximum atomic E-state index is 12.3. The highest BCUT2D eigenvalue weighted by atomic mass is 19.3. The van der Waals surface area contributed by atoms with Crippen molar-refractivity contribution in [1.82, 2.24) is 0 Å². The van der Waals surface area contributed by atoms with Gasteiger partial charge in [0.2, 0.25) is 5.91 Å². The first-order chi connectivity index (χ1) is 10.6. The number of nitrogens with one attached hydrogen (secondary N) is 1. The SMILES string of the molecule is CN(CC(=O)Nc1ccccc1OC(F)F)c1ccccc1. The molecule has 1 N–H and O–H groups in total. The van der Waals surface area contributed by atoms with Gasteiger partial charge in [-0.1, -0.05) is 30.3 Å². The van der Waals surface area contributed by atoms with Gasteiger partial charge in [0.1, 0.15) is 5.75 Å². The molecule has 0 saturated heterocycles. The monoisotopic (exact) mass is 306 g/mol. The molecule has 116 valence electrons. The van der Waals surface area contributed by atoms with Gasteiger partial charge in [0.15, 0.2) is 0 Å². The molecule has 0 heterocycles. The molecule has 1 amide bonds. The van der Waals surface area contributed by atoms with Crippen LogP contribution in [0.15, 0.2) is 54.6 Å². The van der Waals surface area contributed by atoms with Crippen LogP contribution in [0.2, 0.25) is 0 Å². The molecule has 0 aromatic heterocycles. The summed E-state index contributed by atoms with van der Waals surface area (Å²) >= 11 is 0. The Labute approximate surface area is 127 Å². The van der Waals surface area contributed by atoms with E-state index in [0.29, 0.717) is 0 Å². The lowest BCUT2D eigenvalue weighted by molar-refractivity contribution is -0.115. The Balaban J connectivity index is 2.00. The van der Waals surface area contributed by atoms with E-state index in [9.17, 15) is 13.6 Å². The molecule has 0 spiro atoms. The van der Waals surface area contributed by atoms with E-state index in [1.807, 2.05) is 30.3 Å². The van der Waals surface area contributed by atoms with E-state index in [1.54, 1.807) is 24.1 Å². The maximum absolute atomic E-state index is 12.3. The van der Waals surface area contributed by atoms with Crippen molar-refractivity contribution in [3.05, 3.63) is 54.6 Å². The van der Waals surface area contributed by atoms with E-state index >= 15 is 0 Å². The number of hydrogen-bond acceptors (Lipinski definition) is 3. The second kappa shape index (κ2) is 7.40. The van der Waals surface area contributed by atoms with Crippen molar-refractivity contribution in [3.63, 3.8) is 0 Å². The number of nitrogens with zero attached hydrogens (tertiary/aromatic N) is 1. The molecule has 0 radical (unpaired) electrons. The molecule has 0 aliphatic carbocycles. The highest BCUT2D eigenvalue weighted by molar-refractivity contribution is 5.95. The van der Waals surface area contributed by atoms with Gasteiger partial charge in [0.05, 0.1) is 12.2 Å². The van der Waals surface area contributed by atoms with Gasteiger partial charge in [-0.15, -0.1) is 0 Å². The molecule has 4 nitrogen and oxygen atoms in total. The molecular weight excluding hydrogens is 290 g/mol. The number of ether oxygens (including phenoxy) is 1. The van der Waals surface area contributed by atoms with E-state index in [-0.39, 0.29) is 23.9 Å². The molecular formula is C16H16F2N2O2. The largest absolute Gasteiger partial charge is 0.433 e. The Kier molecular flexibility index (Phi) is 5.30. The van der Waals surface area contributed by atoms with Gasteiger partial charge in [-0.3, -0.25) is 4.79 Å². The molecule has 0 aliphatic rings. The molecule has 2 aromatic rings. The molecule has 22 heavy (non-hydrogen) atoms. The van der Waals surface area contributed by atoms with Crippen LogP contribution in [-0.2, 0) is 4.79 Å². The number of carbonyl (C=O) groups is 1. The molecule has 0 saturated carbocycles. The summed E-state index contributed by atoms with van der Waals surface area (Å²) in [4.78, 5) is 13.8. The minimum absolute atomic E-state index is 0.0618. The number of amides is 1. The number of carbonyl (C=O) groups excluding carboxylic acids is 1. The predicted octanol–water partition coefficient (Wildman–Crippen LogP) is 3.36. The third kappa shape index (κ3) is 4.44. The van der Waals surface area contributed by atoms with Crippen LogP contribution in [0, 0.1) is 0 Å². The zero-order valence-electron chi connectivity index (χ0n) is 12.0. The maximum Gasteiger partial charge on any atom is 0.387 e. The Morgan fingerprint density at radius 2 is 1.77 bits per heavy atom. The standard InChI is InChI=1S/C16H16F2N2O2/c1-20(12-7-3-2-4-8-12)11-15(21)19-13-9-5-6-10-14(13)22-16(17)18/h2-10,16H,11H2,1H3,(H,19,21). The fourth-order valence-corrected chi connectivity index (χ4v) is 1.95. The number of rotatable bonds is 6. The summed E-state index contributed by atoms with van der Waals surface area (Å²) in [7, 11) is 1.77. The Morgan fingerprint density at radius 1 is 1.14 bits per heavy atom. The first-order valence-electron chi connectivity index (χ1n) is 6.66. The summed E-state index contributed by atoms with van der Waals surface area (Å²) in [5.74, 6) is -0.384. The Bertz CT molecular complexity index is 621. The van der Waals surface area contributed by atoms with Crippen molar-refractivity contribution < 1.29 is 18.3 Å². The zero-order valence-corrected chi connectivity index (χ0v) is 12.0. The van der Waals surface area contributed by atoms with Crippen molar-refractivity contribution in [1.29, 1.82) is 0 Å². The summed E-state index contributed by atoms with van der Waals surface area (Å²) < 4.78 is 29.0. The molecule has 6 heteroatoms. The summed E-state index contributed by atoms with van der Waals surface area (Å²) in [5, 5.41) is 2.58. The third-order valence-electron chi connectivity index (χ3n) is 2.95.